The molecule has 3 rings (SSSR count). The number of fused-ring (bicyclic) bond motifs is 1. The predicted molar refractivity (Wildman–Crippen MR) is 83.8 cm³/mol. The maximum absolute atomic E-state index is 3.58. The lowest BCUT2D eigenvalue weighted by molar-refractivity contribution is 0.640. The highest BCUT2D eigenvalue weighted by Crippen LogP contribution is 2.28. The van der Waals surface area contributed by atoms with Crippen LogP contribution < -0.4 is 5.32 Å². The minimum absolute atomic E-state index is 0.301. The van der Waals surface area contributed by atoms with Crippen LogP contribution in [0.4, 0.5) is 0 Å². The number of thiophene rings is 1. The minimum atomic E-state index is 0.301. The molecule has 1 unspecified atom stereocenters. The van der Waals surface area contributed by atoms with Gasteiger partial charge in [-0.25, -0.2) is 0 Å². The Balaban J connectivity index is 2.05. The molecule has 0 aliphatic rings. The number of rotatable bonds is 4. The van der Waals surface area contributed by atoms with Gasteiger partial charge in [-0.1, -0.05) is 49.4 Å². The zero-order valence-corrected chi connectivity index (χ0v) is 11.8. The Labute approximate surface area is 117 Å². The molecule has 0 amide bonds. The summed E-state index contributed by atoms with van der Waals surface area (Å²) in [5.41, 5.74) is 1.34. The van der Waals surface area contributed by atoms with Crippen LogP contribution in [0.1, 0.15) is 23.4 Å². The Bertz CT molecular complexity index is 658. The van der Waals surface area contributed by atoms with Crippen molar-refractivity contribution in [1.29, 1.82) is 0 Å². The first-order valence-corrected chi connectivity index (χ1v) is 7.52. The monoisotopic (exact) mass is 267 g/mol. The van der Waals surface area contributed by atoms with Crippen LogP contribution in [0.25, 0.3) is 10.8 Å². The molecule has 0 spiro atoms. The van der Waals surface area contributed by atoms with Crippen molar-refractivity contribution < 1.29 is 0 Å². The minimum Gasteiger partial charge on any atom is -0.306 e. The molecule has 0 fully saturated rings. The van der Waals surface area contributed by atoms with E-state index < -0.39 is 0 Å². The highest BCUT2D eigenvalue weighted by Gasteiger charge is 2.13. The highest BCUT2D eigenvalue weighted by atomic mass is 32.1. The van der Waals surface area contributed by atoms with E-state index in [1.54, 1.807) is 0 Å². The van der Waals surface area contributed by atoms with Gasteiger partial charge < -0.3 is 5.32 Å². The molecule has 1 heterocycles. The lowest BCUT2D eigenvalue weighted by Crippen LogP contribution is -2.20. The van der Waals surface area contributed by atoms with Gasteiger partial charge in [-0.15, -0.1) is 11.3 Å². The van der Waals surface area contributed by atoms with Gasteiger partial charge >= 0.3 is 0 Å². The fraction of sp³-hybridized carbons (Fsp3) is 0.176. The molecule has 3 aromatic rings. The predicted octanol–water partition coefficient (Wildman–Crippen LogP) is 4.60. The fourth-order valence-electron chi connectivity index (χ4n) is 2.43. The van der Waals surface area contributed by atoms with Gasteiger partial charge in [0.1, 0.15) is 0 Å². The first-order valence-electron chi connectivity index (χ1n) is 6.64. The standard InChI is InChI=1S/C17H17NS/c1-2-18-17(16-8-5-11-19-16)15-10-9-13-6-3-4-7-14(13)12-15/h3-12,17-18H,2H2,1H3. The molecular formula is C17H17NS. The van der Waals surface area contributed by atoms with E-state index >= 15 is 0 Å². The maximum atomic E-state index is 3.58. The smallest absolute Gasteiger partial charge is 0.0671 e. The molecule has 0 saturated carbocycles. The van der Waals surface area contributed by atoms with Crippen LogP contribution in [0.5, 0.6) is 0 Å². The third-order valence-electron chi connectivity index (χ3n) is 3.34. The molecule has 2 aromatic carbocycles. The Hall–Kier alpha value is -1.64. The summed E-state index contributed by atoms with van der Waals surface area (Å²) in [5.74, 6) is 0. The second kappa shape index (κ2) is 5.55. The fourth-order valence-corrected chi connectivity index (χ4v) is 3.26. The van der Waals surface area contributed by atoms with Crippen LogP contribution in [-0.4, -0.2) is 6.54 Å². The first kappa shape index (κ1) is 12.4. The average Bonchev–Trinajstić information content (AvgIpc) is 2.98. The van der Waals surface area contributed by atoms with E-state index in [0.29, 0.717) is 6.04 Å². The van der Waals surface area contributed by atoms with E-state index in [1.807, 2.05) is 11.3 Å². The van der Waals surface area contributed by atoms with Gasteiger partial charge in [-0.3, -0.25) is 0 Å². The zero-order chi connectivity index (χ0) is 13.1. The molecule has 1 aromatic heterocycles. The summed E-state index contributed by atoms with van der Waals surface area (Å²) in [6.45, 7) is 3.12. The summed E-state index contributed by atoms with van der Waals surface area (Å²) in [6.07, 6.45) is 0. The lowest BCUT2D eigenvalue weighted by Gasteiger charge is -2.17. The van der Waals surface area contributed by atoms with Crippen molar-refractivity contribution in [2.75, 3.05) is 6.54 Å². The molecular weight excluding hydrogens is 250 g/mol. The molecule has 96 valence electrons. The third-order valence-corrected chi connectivity index (χ3v) is 4.28. The van der Waals surface area contributed by atoms with Crippen molar-refractivity contribution in [3.8, 4) is 0 Å². The molecule has 0 aliphatic carbocycles. The van der Waals surface area contributed by atoms with E-state index in [9.17, 15) is 0 Å². The maximum Gasteiger partial charge on any atom is 0.0671 e. The Morgan fingerprint density at radius 3 is 2.58 bits per heavy atom. The molecule has 0 saturated heterocycles. The van der Waals surface area contributed by atoms with E-state index in [2.05, 4.69) is 72.2 Å². The summed E-state index contributed by atoms with van der Waals surface area (Å²) in [6, 6.07) is 19.9. The Morgan fingerprint density at radius 2 is 1.84 bits per heavy atom. The average molecular weight is 267 g/mol. The van der Waals surface area contributed by atoms with Crippen molar-refractivity contribution in [1.82, 2.24) is 5.32 Å². The van der Waals surface area contributed by atoms with E-state index in [0.717, 1.165) is 6.54 Å². The SMILES string of the molecule is CCNC(c1ccc2ccccc2c1)c1cccs1. The van der Waals surface area contributed by atoms with Crippen LogP contribution in [0, 0.1) is 0 Å². The molecule has 0 radical (unpaired) electrons. The van der Waals surface area contributed by atoms with Crippen molar-refractivity contribution in [2.45, 2.75) is 13.0 Å². The van der Waals surface area contributed by atoms with E-state index in [-0.39, 0.29) is 0 Å². The molecule has 1 N–H and O–H groups in total. The Morgan fingerprint density at radius 1 is 1.00 bits per heavy atom. The van der Waals surface area contributed by atoms with Gasteiger partial charge in [0.05, 0.1) is 6.04 Å². The van der Waals surface area contributed by atoms with Crippen molar-refractivity contribution in [2.24, 2.45) is 0 Å². The quantitative estimate of drug-likeness (QED) is 0.728. The third kappa shape index (κ3) is 2.55. The van der Waals surface area contributed by atoms with Crippen LogP contribution in [0.2, 0.25) is 0 Å². The van der Waals surface area contributed by atoms with Gasteiger partial charge in [0.25, 0.3) is 0 Å². The van der Waals surface area contributed by atoms with Crippen molar-refractivity contribution in [3.63, 3.8) is 0 Å². The summed E-state index contributed by atoms with van der Waals surface area (Å²) in [7, 11) is 0. The van der Waals surface area contributed by atoms with Gasteiger partial charge in [0, 0.05) is 4.88 Å². The number of hydrogen-bond donors (Lipinski definition) is 1. The second-order valence-corrected chi connectivity index (χ2v) is 5.59. The molecule has 19 heavy (non-hydrogen) atoms. The number of nitrogens with one attached hydrogen (secondary N) is 1. The zero-order valence-electron chi connectivity index (χ0n) is 11.0. The second-order valence-electron chi connectivity index (χ2n) is 4.61. The van der Waals surface area contributed by atoms with Gasteiger partial charge in [0.15, 0.2) is 0 Å². The van der Waals surface area contributed by atoms with E-state index in [1.165, 1.54) is 21.2 Å². The summed E-state index contributed by atoms with van der Waals surface area (Å²) in [5, 5.41) is 8.32. The first-order chi connectivity index (χ1) is 9.38. The summed E-state index contributed by atoms with van der Waals surface area (Å²) < 4.78 is 0. The number of benzene rings is 2. The van der Waals surface area contributed by atoms with Gasteiger partial charge in [-0.2, -0.15) is 0 Å². The van der Waals surface area contributed by atoms with Crippen LogP contribution >= 0.6 is 11.3 Å². The summed E-state index contributed by atoms with van der Waals surface area (Å²) in [4.78, 5) is 1.37. The van der Waals surface area contributed by atoms with Crippen molar-refractivity contribution in [3.05, 3.63) is 70.4 Å². The van der Waals surface area contributed by atoms with E-state index in [4.69, 9.17) is 0 Å². The molecule has 1 atom stereocenters. The highest BCUT2D eigenvalue weighted by molar-refractivity contribution is 7.10. The molecule has 0 aliphatic heterocycles. The van der Waals surface area contributed by atoms with Crippen LogP contribution in [0.3, 0.4) is 0 Å². The Kier molecular flexibility index (Phi) is 3.62. The van der Waals surface area contributed by atoms with Crippen molar-refractivity contribution >= 4 is 22.1 Å². The van der Waals surface area contributed by atoms with Gasteiger partial charge in [-0.05, 0) is 40.4 Å². The normalized spacial score (nSPS) is 12.7. The van der Waals surface area contributed by atoms with Crippen LogP contribution in [-0.2, 0) is 0 Å². The molecule has 1 nitrogen and oxygen atoms in total. The lowest BCUT2D eigenvalue weighted by atomic mass is 10.0. The molecule has 2 heteroatoms. The van der Waals surface area contributed by atoms with Gasteiger partial charge in [0.2, 0.25) is 0 Å². The summed E-state index contributed by atoms with van der Waals surface area (Å²) >= 11 is 1.81. The topological polar surface area (TPSA) is 12.0 Å². The molecule has 0 bridgehead atoms. The van der Waals surface area contributed by atoms with Crippen LogP contribution in [0.15, 0.2) is 60.0 Å². The largest absolute Gasteiger partial charge is 0.306 e. The number of hydrogen-bond acceptors (Lipinski definition) is 2.